The quantitative estimate of drug-likeness (QED) is 0.696. The number of ketones is 1. The SMILES string of the molecule is C[C@@H]1CC(=O)c2cnc3c(c2C1)c(=O)n(C)c(=O)n3C. The van der Waals surface area contributed by atoms with Gasteiger partial charge in [0.15, 0.2) is 5.78 Å². The zero-order valence-electron chi connectivity index (χ0n) is 11.6. The van der Waals surface area contributed by atoms with Crippen LogP contribution in [0.3, 0.4) is 0 Å². The highest BCUT2D eigenvalue weighted by molar-refractivity contribution is 6.02. The first-order valence-electron chi connectivity index (χ1n) is 6.52. The number of hydrogen-bond donors (Lipinski definition) is 0. The van der Waals surface area contributed by atoms with Crippen LogP contribution >= 0.6 is 0 Å². The van der Waals surface area contributed by atoms with Crippen LogP contribution < -0.4 is 11.2 Å². The summed E-state index contributed by atoms with van der Waals surface area (Å²) in [5.41, 5.74) is 0.805. The van der Waals surface area contributed by atoms with E-state index in [9.17, 15) is 14.4 Å². The van der Waals surface area contributed by atoms with Crippen molar-refractivity contribution >= 4 is 16.8 Å². The molecule has 0 saturated heterocycles. The standard InChI is InChI=1S/C14H15N3O3/c1-7-4-8-9(10(18)5-7)6-15-12-11(8)13(19)17(3)14(20)16(12)2/h6-7H,4-5H2,1-3H3/t7-/m0/s1. The zero-order chi connectivity index (χ0) is 14.6. The van der Waals surface area contributed by atoms with Crippen LogP contribution in [-0.4, -0.2) is 19.9 Å². The van der Waals surface area contributed by atoms with Crippen LogP contribution in [0.4, 0.5) is 0 Å². The Morgan fingerprint density at radius 1 is 1.15 bits per heavy atom. The molecular formula is C14H15N3O3. The second kappa shape index (κ2) is 4.13. The molecule has 1 aliphatic rings. The summed E-state index contributed by atoms with van der Waals surface area (Å²) in [5, 5.41) is 0.395. The zero-order valence-corrected chi connectivity index (χ0v) is 11.6. The van der Waals surface area contributed by atoms with Gasteiger partial charge in [0, 0.05) is 32.3 Å². The maximum absolute atomic E-state index is 12.4. The van der Waals surface area contributed by atoms with Crippen LogP contribution in [0.2, 0.25) is 0 Å². The maximum Gasteiger partial charge on any atom is 0.332 e. The van der Waals surface area contributed by atoms with Gasteiger partial charge in [0.05, 0.1) is 5.39 Å². The third kappa shape index (κ3) is 1.57. The monoisotopic (exact) mass is 273 g/mol. The normalized spacial score (nSPS) is 18.4. The minimum atomic E-state index is -0.412. The molecule has 2 heterocycles. The van der Waals surface area contributed by atoms with Gasteiger partial charge < -0.3 is 0 Å². The molecule has 0 radical (unpaired) electrons. The van der Waals surface area contributed by atoms with Crippen LogP contribution in [0.25, 0.3) is 11.0 Å². The summed E-state index contributed by atoms with van der Waals surface area (Å²) >= 11 is 0. The summed E-state index contributed by atoms with van der Waals surface area (Å²) in [6, 6.07) is 0. The van der Waals surface area contributed by atoms with Crippen molar-refractivity contribution in [1.82, 2.24) is 14.1 Å². The third-order valence-corrected chi connectivity index (χ3v) is 3.96. The van der Waals surface area contributed by atoms with Gasteiger partial charge in [0.25, 0.3) is 5.56 Å². The Morgan fingerprint density at radius 2 is 1.85 bits per heavy atom. The lowest BCUT2D eigenvalue weighted by Crippen LogP contribution is -2.38. The molecule has 6 heteroatoms. The average Bonchev–Trinajstić information content (AvgIpc) is 2.41. The van der Waals surface area contributed by atoms with Crippen molar-refractivity contribution in [2.75, 3.05) is 0 Å². The highest BCUT2D eigenvalue weighted by Crippen LogP contribution is 2.28. The van der Waals surface area contributed by atoms with Crippen LogP contribution in [-0.2, 0) is 20.5 Å². The van der Waals surface area contributed by atoms with Gasteiger partial charge in [0.2, 0.25) is 0 Å². The molecule has 6 nitrogen and oxygen atoms in total. The van der Waals surface area contributed by atoms with Gasteiger partial charge in [-0.05, 0) is 17.9 Å². The second-order valence-electron chi connectivity index (χ2n) is 5.49. The number of Topliss-reactive ketones (excluding diaryl/α,β-unsaturated/α-hetero) is 1. The van der Waals surface area contributed by atoms with Gasteiger partial charge >= 0.3 is 5.69 Å². The van der Waals surface area contributed by atoms with E-state index in [1.807, 2.05) is 6.92 Å². The van der Waals surface area contributed by atoms with Crippen molar-refractivity contribution in [3.8, 4) is 0 Å². The molecule has 104 valence electrons. The molecule has 0 unspecified atom stereocenters. The molecule has 0 aliphatic heterocycles. The van der Waals surface area contributed by atoms with Crippen LogP contribution in [0.15, 0.2) is 15.8 Å². The first kappa shape index (κ1) is 12.8. The fraction of sp³-hybridized carbons (Fsp3) is 0.429. The highest BCUT2D eigenvalue weighted by atomic mass is 16.2. The van der Waals surface area contributed by atoms with Gasteiger partial charge in [-0.15, -0.1) is 0 Å². The van der Waals surface area contributed by atoms with Crippen molar-refractivity contribution < 1.29 is 4.79 Å². The molecule has 1 aliphatic carbocycles. The van der Waals surface area contributed by atoms with Gasteiger partial charge in [-0.25, -0.2) is 9.78 Å². The lowest BCUT2D eigenvalue weighted by Gasteiger charge is -2.21. The van der Waals surface area contributed by atoms with Crippen molar-refractivity contribution in [3.63, 3.8) is 0 Å². The van der Waals surface area contributed by atoms with Gasteiger partial charge in [-0.3, -0.25) is 18.7 Å². The molecule has 0 spiro atoms. The van der Waals surface area contributed by atoms with Crippen molar-refractivity contribution in [2.45, 2.75) is 19.8 Å². The van der Waals surface area contributed by atoms with E-state index in [1.54, 1.807) is 7.05 Å². The van der Waals surface area contributed by atoms with Crippen molar-refractivity contribution in [1.29, 1.82) is 0 Å². The Bertz CT molecular complexity index is 861. The molecule has 3 rings (SSSR count). The predicted molar refractivity (Wildman–Crippen MR) is 74.0 cm³/mol. The lowest BCUT2D eigenvalue weighted by molar-refractivity contribution is 0.0953. The van der Waals surface area contributed by atoms with E-state index in [1.165, 1.54) is 17.8 Å². The molecule has 0 amide bonds. The van der Waals surface area contributed by atoms with Crippen molar-refractivity contribution in [2.24, 2.45) is 20.0 Å². The molecule has 20 heavy (non-hydrogen) atoms. The summed E-state index contributed by atoms with van der Waals surface area (Å²) in [6.07, 6.45) is 2.63. The van der Waals surface area contributed by atoms with Crippen LogP contribution in [0.1, 0.15) is 29.3 Å². The average molecular weight is 273 g/mol. The molecule has 0 saturated carbocycles. The number of aromatic nitrogens is 3. The Balaban J connectivity index is 2.54. The van der Waals surface area contributed by atoms with E-state index in [0.717, 1.165) is 10.1 Å². The smallest absolute Gasteiger partial charge is 0.294 e. The first-order valence-corrected chi connectivity index (χ1v) is 6.52. The summed E-state index contributed by atoms with van der Waals surface area (Å²) in [4.78, 5) is 40.5. The van der Waals surface area contributed by atoms with E-state index < -0.39 is 5.69 Å². The number of aryl methyl sites for hydroxylation is 1. The molecule has 2 aromatic heterocycles. The first-order chi connectivity index (χ1) is 9.41. The minimum Gasteiger partial charge on any atom is -0.294 e. The number of fused-ring (bicyclic) bond motifs is 3. The Hall–Kier alpha value is -2.24. The summed E-state index contributed by atoms with van der Waals surface area (Å²) in [6.45, 7) is 1.99. The van der Waals surface area contributed by atoms with Gasteiger partial charge in [-0.2, -0.15) is 0 Å². The number of pyridine rings is 1. The molecular weight excluding hydrogens is 258 g/mol. The van der Waals surface area contributed by atoms with Crippen molar-refractivity contribution in [3.05, 3.63) is 38.2 Å². The number of hydrogen-bond acceptors (Lipinski definition) is 4. The van der Waals surface area contributed by atoms with Gasteiger partial charge in [-0.1, -0.05) is 6.92 Å². The highest BCUT2D eigenvalue weighted by Gasteiger charge is 2.27. The number of carbonyl (C=O) groups is 1. The third-order valence-electron chi connectivity index (χ3n) is 3.96. The van der Waals surface area contributed by atoms with E-state index in [-0.39, 0.29) is 17.3 Å². The Labute approximate surface area is 114 Å². The predicted octanol–water partition coefficient (Wildman–Crippen LogP) is 0.397. The molecule has 2 aromatic rings. The molecule has 0 fully saturated rings. The molecule has 0 bridgehead atoms. The molecule has 1 atom stereocenters. The van der Waals surface area contributed by atoms with Crippen LogP contribution in [0, 0.1) is 5.92 Å². The van der Waals surface area contributed by atoms with E-state index in [2.05, 4.69) is 4.98 Å². The van der Waals surface area contributed by atoms with E-state index >= 15 is 0 Å². The number of carbonyl (C=O) groups excluding carboxylic acids is 1. The van der Waals surface area contributed by atoms with Crippen LogP contribution in [0.5, 0.6) is 0 Å². The largest absolute Gasteiger partial charge is 0.332 e. The minimum absolute atomic E-state index is 0.0176. The number of nitrogens with zero attached hydrogens (tertiary/aromatic N) is 3. The Kier molecular flexibility index (Phi) is 2.64. The fourth-order valence-electron chi connectivity index (χ4n) is 2.89. The lowest BCUT2D eigenvalue weighted by atomic mass is 9.84. The van der Waals surface area contributed by atoms with Gasteiger partial charge in [0.1, 0.15) is 5.65 Å². The summed E-state index contributed by atoms with van der Waals surface area (Å²) < 4.78 is 2.41. The Morgan fingerprint density at radius 3 is 2.55 bits per heavy atom. The van der Waals surface area contributed by atoms with E-state index in [4.69, 9.17) is 0 Å². The maximum atomic E-state index is 12.4. The number of rotatable bonds is 0. The second-order valence-corrected chi connectivity index (χ2v) is 5.49. The fourth-order valence-corrected chi connectivity index (χ4v) is 2.89. The van der Waals surface area contributed by atoms with E-state index in [0.29, 0.717) is 29.4 Å². The molecule has 0 aromatic carbocycles. The molecule has 0 N–H and O–H groups in total. The summed E-state index contributed by atoms with van der Waals surface area (Å²) in [7, 11) is 3.02. The summed E-state index contributed by atoms with van der Waals surface area (Å²) in [5.74, 6) is 0.214. The topological polar surface area (TPSA) is 74.0 Å².